The number of benzene rings is 1. The minimum atomic E-state index is -0.113. The maximum atomic E-state index is 12.1. The standard InChI is InChI=1S/C14H22N2O2/c1-9(2)12(8-15)16-14(17)11-6-5-10(3)13(7-11)18-4/h5-7,9,12H,8,15H2,1-4H3,(H,16,17). The molecule has 4 heteroatoms. The quantitative estimate of drug-likeness (QED) is 0.836. The van der Waals surface area contributed by atoms with E-state index in [2.05, 4.69) is 5.32 Å². The molecular weight excluding hydrogens is 228 g/mol. The molecular formula is C14H22N2O2. The van der Waals surface area contributed by atoms with Crippen LogP contribution in [0.4, 0.5) is 0 Å². The van der Waals surface area contributed by atoms with Crippen molar-refractivity contribution in [3.63, 3.8) is 0 Å². The van der Waals surface area contributed by atoms with Crippen molar-refractivity contribution in [2.45, 2.75) is 26.8 Å². The van der Waals surface area contributed by atoms with Gasteiger partial charge in [0.1, 0.15) is 5.75 Å². The number of methoxy groups -OCH3 is 1. The highest BCUT2D eigenvalue weighted by Gasteiger charge is 2.16. The SMILES string of the molecule is COc1cc(C(=O)NC(CN)C(C)C)ccc1C. The normalized spacial score (nSPS) is 12.3. The van der Waals surface area contributed by atoms with Crippen molar-refractivity contribution < 1.29 is 9.53 Å². The summed E-state index contributed by atoms with van der Waals surface area (Å²) in [6.07, 6.45) is 0. The molecule has 100 valence electrons. The van der Waals surface area contributed by atoms with E-state index in [4.69, 9.17) is 10.5 Å². The summed E-state index contributed by atoms with van der Waals surface area (Å²) in [5.74, 6) is 0.917. The van der Waals surface area contributed by atoms with Crippen LogP contribution in [0.3, 0.4) is 0 Å². The predicted octanol–water partition coefficient (Wildman–Crippen LogP) is 1.72. The van der Waals surface area contributed by atoms with Crippen LogP contribution in [-0.2, 0) is 0 Å². The number of nitrogens with one attached hydrogen (secondary N) is 1. The summed E-state index contributed by atoms with van der Waals surface area (Å²) in [6.45, 7) is 6.45. The molecule has 0 saturated heterocycles. The van der Waals surface area contributed by atoms with E-state index < -0.39 is 0 Å². The minimum Gasteiger partial charge on any atom is -0.496 e. The third-order valence-electron chi connectivity index (χ3n) is 3.05. The molecule has 0 aliphatic heterocycles. The van der Waals surface area contributed by atoms with Crippen LogP contribution in [0.2, 0.25) is 0 Å². The average molecular weight is 250 g/mol. The number of ether oxygens (including phenoxy) is 1. The van der Waals surface area contributed by atoms with E-state index in [1.165, 1.54) is 0 Å². The number of carbonyl (C=O) groups is 1. The minimum absolute atomic E-state index is 0.00945. The number of amides is 1. The van der Waals surface area contributed by atoms with Gasteiger partial charge in [0, 0.05) is 18.2 Å². The molecule has 0 radical (unpaired) electrons. The lowest BCUT2D eigenvalue weighted by Gasteiger charge is -2.20. The summed E-state index contributed by atoms with van der Waals surface area (Å²) < 4.78 is 5.21. The maximum absolute atomic E-state index is 12.1. The van der Waals surface area contributed by atoms with Crippen molar-refractivity contribution in [2.24, 2.45) is 11.7 Å². The molecule has 0 saturated carbocycles. The van der Waals surface area contributed by atoms with E-state index >= 15 is 0 Å². The molecule has 1 unspecified atom stereocenters. The number of rotatable bonds is 5. The molecule has 0 aliphatic rings. The fraction of sp³-hybridized carbons (Fsp3) is 0.500. The average Bonchev–Trinajstić information content (AvgIpc) is 2.35. The summed E-state index contributed by atoms with van der Waals surface area (Å²) in [5, 5.41) is 2.93. The molecule has 1 aromatic rings. The van der Waals surface area contributed by atoms with Gasteiger partial charge >= 0.3 is 0 Å². The van der Waals surface area contributed by atoms with Gasteiger partial charge in [0.15, 0.2) is 0 Å². The van der Waals surface area contributed by atoms with Crippen LogP contribution in [0.15, 0.2) is 18.2 Å². The Morgan fingerprint density at radius 1 is 1.44 bits per heavy atom. The van der Waals surface area contributed by atoms with Gasteiger partial charge in [-0.05, 0) is 30.5 Å². The highest BCUT2D eigenvalue weighted by atomic mass is 16.5. The van der Waals surface area contributed by atoms with Gasteiger partial charge in [0.05, 0.1) is 7.11 Å². The molecule has 0 aromatic heterocycles. The first-order valence-corrected chi connectivity index (χ1v) is 6.15. The van der Waals surface area contributed by atoms with Crippen LogP contribution in [0.1, 0.15) is 29.8 Å². The molecule has 1 aromatic carbocycles. The van der Waals surface area contributed by atoms with Crippen molar-refractivity contribution in [3.8, 4) is 5.75 Å². The molecule has 1 rings (SSSR count). The van der Waals surface area contributed by atoms with Crippen LogP contribution in [0, 0.1) is 12.8 Å². The van der Waals surface area contributed by atoms with E-state index in [1.54, 1.807) is 19.2 Å². The zero-order valence-electron chi connectivity index (χ0n) is 11.5. The topological polar surface area (TPSA) is 64.3 Å². The Labute approximate surface area is 109 Å². The second-order valence-electron chi connectivity index (χ2n) is 4.74. The van der Waals surface area contributed by atoms with Crippen molar-refractivity contribution in [2.75, 3.05) is 13.7 Å². The lowest BCUT2D eigenvalue weighted by atomic mass is 10.0. The molecule has 18 heavy (non-hydrogen) atoms. The van der Waals surface area contributed by atoms with Crippen LogP contribution < -0.4 is 15.8 Å². The zero-order valence-corrected chi connectivity index (χ0v) is 11.5. The van der Waals surface area contributed by atoms with Crippen molar-refractivity contribution in [3.05, 3.63) is 29.3 Å². The largest absolute Gasteiger partial charge is 0.496 e. The predicted molar refractivity (Wildman–Crippen MR) is 72.9 cm³/mol. The Hall–Kier alpha value is -1.55. The summed E-state index contributed by atoms with van der Waals surface area (Å²) in [7, 11) is 1.60. The molecule has 0 fully saturated rings. The van der Waals surface area contributed by atoms with E-state index in [1.807, 2.05) is 26.8 Å². The van der Waals surface area contributed by atoms with E-state index in [0.29, 0.717) is 18.0 Å². The first-order chi connectivity index (χ1) is 8.49. The van der Waals surface area contributed by atoms with E-state index in [9.17, 15) is 4.79 Å². The molecule has 0 bridgehead atoms. The fourth-order valence-electron chi connectivity index (χ4n) is 1.71. The molecule has 4 nitrogen and oxygen atoms in total. The Morgan fingerprint density at radius 2 is 2.11 bits per heavy atom. The smallest absolute Gasteiger partial charge is 0.251 e. The van der Waals surface area contributed by atoms with Gasteiger partial charge in [-0.3, -0.25) is 4.79 Å². The Morgan fingerprint density at radius 3 is 2.61 bits per heavy atom. The third-order valence-corrected chi connectivity index (χ3v) is 3.05. The van der Waals surface area contributed by atoms with Crippen molar-refractivity contribution in [1.82, 2.24) is 5.32 Å². The van der Waals surface area contributed by atoms with E-state index in [-0.39, 0.29) is 11.9 Å². The molecule has 1 atom stereocenters. The van der Waals surface area contributed by atoms with Crippen molar-refractivity contribution in [1.29, 1.82) is 0 Å². The summed E-state index contributed by atoms with van der Waals surface area (Å²) in [5.41, 5.74) is 7.24. The molecule has 0 aliphatic carbocycles. The first kappa shape index (κ1) is 14.5. The van der Waals surface area contributed by atoms with Crippen LogP contribution in [0.5, 0.6) is 5.75 Å². The second kappa shape index (κ2) is 6.40. The summed E-state index contributed by atoms with van der Waals surface area (Å²) >= 11 is 0. The number of hydrogen-bond acceptors (Lipinski definition) is 3. The van der Waals surface area contributed by atoms with Gasteiger partial charge in [-0.15, -0.1) is 0 Å². The van der Waals surface area contributed by atoms with Crippen LogP contribution in [-0.4, -0.2) is 25.6 Å². The lowest BCUT2D eigenvalue weighted by Crippen LogP contribution is -2.43. The monoisotopic (exact) mass is 250 g/mol. The third kappa shape index (κ3) is 3.47. The van der Waals surface area contributed by atoms with E-state index in [0.717, 1.165) is 11.3 Å². The number of hydrogen-bond donors (Lipinski definition) is 2. The molecule has 0 spiro atoms. The summed E-state index contributed by atoms with van der Waals surface area (Å²) in [6, 6.07) is 5.41. The van der Waals surface area contributed by atoms with Gasteiger partial charge in [0.25, 0.3) is 5.91 Å². The number of nitrogens with two attached hydrogens (primary N) is 1. The van der Waals surface area contributed by atoms with Crippen LogP contribution >= 0.6 is 0 Å². The lowest BCUT2D eigenvalue weighted by molar-refractivity contribution is 0.0927. The zero-order chi connectivity index (χ0) is 13.7. The molecule has 1 amide bonds. The fourth-order valence-corrected chi connectivity index (χ4v) is 1.71. The number of carbonyl (C=O) groups excluding carboxylic acids is 1. The van der Waals surface area contributed by atoms with Gasteiger partial charge in [-0.1, -0.05) is 19.9 Å². The molecule has 0 heterocycles. The number of aryl methyl sites for hydroxylation is 1. The summed E-state index contributed by atoms with van der Waals surface area (Å²) in [4.78, 5) is 12.1. The van der Waals surface area contributed by atoms with Gasteiger partial charge < -0.3 is 15.8 Å². The van der Waals surface area contributed by atoms with Gasteiger partial charge in [0.2, 0.25) is 0 Å². The first-order valence-electron chi connectivity index (χ1n) is 6.15. The Kier molecular flexibility index (Phi) is 5.16. The molecule has 3 N–H and O–H groups in total. The Bertz CT molecular complexity index is 416. The van der Waals surface area contributed by atoms with Crippen molar-refractivity contribution >= 4 is 5.91 Å². The van der Waals surface area contributed by atoms with Crippen LogP contribution in [0.25, 0.3) is 0 Å². The Balaban J connectivity index is 2.84. The van der Waals surface area contributed by atoms with Gasteiger partial charge in [-0.25, -0.2) is 0 Å². The highest BCUT2D eigenvalue weighted by molar-refractivity contribution is 5.94. The second-order valence-corrected chi connectivity index (χ2v) is 4.74. The maximum Gasteiger partial charge on any atom is 0.251 e. The highest BCUT2D eigenvalue weighted by Crippen LogP contribution is 2.19. The van der Waals surface area contributed by atoms with Gasteiger partial charge in [-0.2, -0.15) is 0 Å².